The number of hydrogen-bond acceptors (Lipinski definition) is 5. The average molecular weight is 402 g/mol. The lowest BCUT2D eigenvalue weighted by Gasteiger charge is -2.35. The van der Waals surface area contributed by atoms with Gasteiger partial charge in [-0.2, -0.15) is 0 Å². The zero-order valence-corrected chi connectivity index (χ0v) is 17.4. The van der Waals surface area contributed by atoms with Gasteiger partial charge in [-0.25, -0.2) is 8.42 Å². The highest BCUT2D eigenvalue weighted by Gasteiger charge is 2.17. The summed E-state index contributed by atoms with van der Waals surface area (Å²) < 4.78 is 23.5. The van der Waals surface area contributed by atoms with Crippen LogP contribution in [0.5, 0.6) is 0 Å². The van der Waals surface area contributed by atoms with E-state index in [0.29, 0.717) is 11.3 Å². The van der Waals surface area contributed by atoms with Crippen LogP contribution >= 0.6 is 0 Å². The van der Waals surface area contributed by atoms with Crippen molar-refractivity contribution in [2.45, 2.75) is 18.7 Å². The third-order valence-corrected chi connectivity index (χ3v) is 6.30. The van der Waals surface area contributed by atoms with Gasteiger partial charge in [-0.3, -0.25) is 4.79 Å². The van der Waals surface area contributed by atoms with Crippen LogP contribution in [-0.2, 0) is 9.84 Å². The number of anilines is 2. The van der Waals surface area contributed by atoms with Crippen molar-refractivity contribution < 1.29 is 13.2 Å². The molecule has 28 heavy (non-hydrogen) atoms. The van der Waals surface area contributed by atoms with Crippen molar-refractivity contribution in [3.63, 3.8) is 0 Å². The molecule has 1 saturated heterocycles. The molecule has 150 valence electrons. The molecule has 0 aliphatic carbocycles. The van der Waals surface area contributed by atoms with E-state index in [2.05, 4.69) is 22.0 Å². The van der Waals surface area contributed by atoms with Crippen molar-refractivity contribution in [1.29, 1.82) is 0 Å². The van der Waals surface area contributed by atoms with Gasteiger partial charge in [0.1, 0.15) is 0 Å². The summed E-state index contributed by atoms with van der Waals surface area (Å²) in [5, 5.41) is 2.86. The minimum Gasteiger partial charge on any atom is -0.369 e. The normalized spacial score (nSPS) is 15.5. The van der Waals surface area contributed by atoms with Crippen LogP contribution in [0.15, 0.2) is 47.4 Å². The first-order chi connectivity index (χ1) is 13.3. The Morgan fingerprint density at radius 3 is 2.25 bits per heavy atom. The maximum Gasteiger partial charge on any atom is 0.255 e. The summed E-state index contributed by atoms with van der Waals surface area (Å²) in [6, 6.07) is 12.4. The molecule has 3 rings (SSSR count). The highest BCUT2D eigenvalue weighted by atomic mass is 32.2. The van der Waals surface area contributed by atoms with Crippen LogP contribution in [-0.4, -0.2) is 58.2 Å². The van der Waals surface area contributed by atoms with Crippen molar-refractivity contribution in [2.75, 3.05) is 49.2 Å². The SMILES string of the molecule is CCN1CCN(c2ccc(NC(=O)c3cc(S(C)(=O)=O)ccc3C)cc2)CC1. The molecule has 2 aromatic rings. The number of rotatable bonds is 5. The van der Waals surface area contributed by atoms with Crippen LogP contribution in [0.1, 0.15) is 22.8 Å². The molecule has 0 saturated carbocycles. The number of carbonyl (C=O) groups excluding carboxylic acids is 1. The molecule has 1 N–H and O–H groups in total. The number of hydrogen-bond donors (Lipinski definition) is 1. The molecule has 0 radical (unpaired) electrons. The molecule has 1 aliphatic rings. The minimum atomic E-state index is -3.36. The summed E-state index contributed by atoms with van der Waals surface area (Å²) in [5.74, 6) is -0.313. The second-order valence-electron chi connectivity index (χ2n) is 7.17. The molecular weight excluding hydrogens is 374 g/mol. The van der Waals surface area contributed by atoms with E-state index in [9.17, 15) is 13.2 Å². The van der Waals surface area contributed by atoms with E-state index in [4.69, 9.17) is 0 Å². The molecule has 0 atom stereocenters. The van der Waals surface area contributed by atoms with Gasteiger partial charge in [0.25, 0.3) is 5.91 Å². The molecule has 1 fully saturated rings. The van der Waals surface area contributed by atoms with E-state index in [0.717, 1.165) is 50.2 Å². The zero-order chi connectivity index (χ0) is 20.3. The van der Waals surface area contributed by atoms with E-state index in [1.54, 1.807) is 13.0 Å². The van der Waals surface area contributed by atoms with Crippen LogP contribution in [0, 0.1) is 6.92 Å². The Morgan fingerprint density at radius 1 is 1.04 bits per heavy atom. The predicted molar refractivity (Wildman–Crippen MR) is 113 cm³/mol. The highest BCUT2D eigenvalue weighted by molar-refractivity contribution is 7.90. The van der Waals surface area contributed by atoms with Crippen molar-refractivity contribution >= 4 is 27.1 Å². The minimum absolute atomic E-state index is 0.143. The predicted octanol–water partition coefficient (Wildman–Crippen LogP) is 2.79. The Hall–Kier alpha value is -2.38. The third-order valence-electron chi connectivity index (χ3n) is 5.19. The summed E-state index contributed by atoms with van der Waals surface area (Å²) in [5.41, 5.74) is 2.92. The standard InChI is InChI=1S/C21H27N3O3S/c1-4-23-11-13-24(14-12-23)18-8-6-17(7-9-18)22-21(25)20-15-19(28(3,26)27)10-5-16(20)2/h5-10,15H,4,11-14H2,1-3H3,(H,22,25). The summed E-state index contributed by atoms with van der Waals surface area (Å²) in [6.45, 7) is 9.17. The lowest BCUT2D eigenvalue weighted by Crippen LogP contribution is -2.46. The number of carbonyl (C=O) groups is 1. The fourth-order valence-electron chi connectivity index (χ4n) is 3.35. The second-order valence-corrected chi connectivity index (χ2v) is 9.19. The van der Waals surface area contributed by atoms with Crippen LogP contribution in [0.25, 0.3) is 0 Å². The van der Waals surface area contributed by atoms with Crippen molar-refractivity contribution in [2.24, 2.45) is 0 Å². The molecule has 1 amide bonds. The second kappa shape index (κ2) is 8.32. The molecule has 0 spiro atoms. The molecule has 0 bridgehead atoms. The zero-order valence-electron chi connectivity index (χ0n) is 16.6. The lowest BCUT2D eigenvalue weighted by molar-refractivity contribution is 0.102. The summed E-state index contributed by atoms with van der Waals surface area (Å²) >= 11 is 0. The van der Waals surface area contributed by atoms with Gasteiger partial charge < -0.3 is 15.1 Å². The van der Waals surface area contributed by atoms with E-state index in [1.165, 1.54) is 12.1 Å². The van der Waals surface area contributed by atoms with E-state index >= 15 is 0 Å². The van der Waals surface area contributed by atoms with E-state index in [-0.39, 0.29) is 10.8 Å². The number of amides is 1. The fraction of sp³-hybridized carbons (Fsp3) is 0.381. The van der Waals surface area contributed by atoms with Gasteiger partial charge in [-0.15, -0.1) is 0 Å². The molecule has 0 aromatic heterocycles. The van der Waals surface area contributed by atoms with Crippen LogP contribution in [0.4, 0.5) is 11.4 Å². The first-order valence-corrected chi connectivity index (χ1v) is 11.4. The first kappa shape index (κ1) is 20.4. The van der Waals surface area contributed by atoms with Gasteiger partial charge >= 0.3 is 0 Å². The number of benzene rings is 2. The highest BCUT2D eigenvalue weighted by Crippen LogP contribution is 2.21. The number of nitrogens with one attached hydrogen (secondary N) is 1. The Labute approximate surface area is 167 Å². The van der Waals surface area contributed by atoms with Gasteiger partial charge in [0.2, 0.25) is 0 Å². The van der Waals surface area contributed by atoms with Crippen LogP contribution < -0.4 is 10.2 Å². The number of likely N-dealkylation sites (N-methyl/N-ethyl adjacent to an activating group) is 1. The molecule has 6 nitrogen and oxygen atoms in total. The largest absolute Gasteiger partial charge is 0.369 e. The Kier molecular flexibility index (Phi) is 6.05. The average Bonchev–Trinajstić information content (AvgIpc) is 2.68. The summed E-state index contributed by atoms with van der Waals surface area (Å²) in [7, 11) is -3.36. The topological polar surface area (TPSA) is 69.7 Å². The van der Waals surface area contributed by atoms with Gasteiger partial charge in [0.05, 0.1) is 4.90 Å². The third kappa shape index (κ3) is 4.72. The Balaban J connectivity index is 1.70. The molecule has 7 heteroatoms. The number of sulfone groups is 1. The van der Waals surface area contributed by atoms with Gasteiger partial charge in [-0.05, 0) is 55.4 Å². The monoisotopic (exact) mass is 401 g/mol. The first-order valence-electron chi connectivity index (χ1n) is 9.47. The Morgan fingerprint density at radius 2 is 1.68 bits per heavy atom. The van der Waals surface area contributed by atoms with Gasteiger partial charge in [-0.1, -0.05) is 13.0 Å². The van der Waals surface area contributed by atoms with Crippen molar-refractivity contribution in [1.82, 2.24) is 4.90 Å². The fourth-order valence-corrected chi connectivity index (χ4v) is 4.00. The van der Waals surface area contributed by atoms with Crippen LogP contribution in [0.2, 0.25) is 0 Å². The Bertz CT molecular complexity index is 947. The van der Waals surface area contributed by atoms with Crippen molar-refractivity contribution in [3.8, 4) is 0 Å². The summed E-state index contributed by atoms with van der Waals surface area (Å²) in [6.07, 6.45) is 1.14. The lowest BCUT2D eigenvalue weighted by atomic mass is 10.1. The van der Waals surface area contributed by atoms with Crippen LogP contribution in [0.3, 0.4) is 0 Å². The van der Waals surface area contributed by atoms with Gasteiger partial charge in [0.15, 0.2) is 9.84 Å². The molecule has 1 heterocycles. The molecule has 2 aromatic carbocycles. The quantitative estimate of drug-likeness (QED) is 0.834. The van der Waals surface area contributed by atoms with E-state index < -0.39 is 9.84 Å². The molecular formula is C21H27N3O3S. The van der Waals surface area contributed by atoms with Gasteiger partial charge in [0, 0.05) is 49.4 Å². The number of aryl methyl sites for hydroxylation is 1. The smallest absolute Gasteiger partial charge is 0.255 e. The maximum atomic E-state index is 12.6. The molecule has 0 unspecified atom stereocenters. The summed E-state index contributed by atoms with van der Waals surface area (Å²) in [4.78, 5) is 17.6. The number of piperazine rings is 1. The maximum absolute atomic E-state index is 12.6. The van der Waals surface area contributed by atoms with E-state index in [1.807, 2.05) is 24.3 Å². The van der Waals surface area contributed by atoms with Crippen molar-refractivity contribution in [3.05, 3.63) is 53.6 Å². The number of nitrogens with zero attached hydrogens (tertiary/aromatic N) is 2. The molecule has 1 aliphatic heterocycles.